The Kier molecular flexibility index (Phi) is 6.49. The Bertz CT molecular complexity index is 1200. The number of amides is 1. The Hall–Kier alpha value is -3.36. The van der Waals surface area contributed by atoms with E-state index in [1.807, 2.05) is 47.0 Å². The quantitative estimate of drug-likeness (QED) is 0.409. The van der Waals surface area contributed by atoms with E-state index < -0.39 is 0 Å². The maximum atomic E-state index is 12.6. The zero-order valence-corrected chi connectivity index (χ0v) is 18.1. The molecule has 0 spiro atoms. The SMILES string of the molecule is COc1ccccc1NC(=O)CSc1nnc(-c2cccnc2)n1-c1cccc(Cl)c1. The number of hydrogen-bond acceptors (Lipinski definition) is 6. The molecule has 0 bridgehead atoms. The van der Waals surface area contributed by atoms with Crippen molar-refractivity contribution in [3.63, 3.8) is 0 Å². The number of carbonyl (C=O) groups is 1. The van der Waals surface area contributed by atoms with E-state index in [9.17, 15) is 4.79 Å². The number of para-hydroxylation sites is 2. The molecule has 0 aliphatic carbocycles. The summed E-state index contributed by atoms with van der Waals surface area (Å²) in [7, 11) is 1.56. The van der Waals surface area contributed by atoms with Crippen LogP contribution < -0.4 is 10.1 Å². The fourth-order valence-corrected chi connectivity index (χ4v) is 3.89. The van der Waals surface area contributed by atoms with Gasteiger partial charge in [0, 0.05) is 23.0 Å². The second-order valence-corrected chi connectivity index (χ2v) is 7.78. The van der Waals surface area contributed by atoms with Crippen LogP contribution in [0.25, 0.3) is 17.1 Å². The number of benzene rings is 2. The van der Waals surface area contributed by atoms with E-state index in [0.29, 0.717) is 27.4 Å². The number of pyridine rings is 1. The summed E-state index contributed by atoms with van der Waals surface area (Å²) in [4.78, 5) is 16.7. The highest BCUT2D eigenvalue weighted by molar-refractivity contribution is 7.99. The highest BCUT2D eigenvalue weighted by Gasteiger charge is 2.18. The molecule has 2 aromatic carbocycles. The van der Waals surface area contributed by atoms with Crippen molar-refractivity contribution in [3.8, 4) is 22.8 Å². The van der Waals surface area contributed by atoms with Gasteiger partial charge in [0.15, 0.2) is 11.0 Å². The van der Waals surface area contributed by atoms with Gasteiger partial charge in [-0.2, -0.15) is 0 Å². The minimum absolute atomic E-state index is 0.143. The molecule has 4 rings (SSSR count). The van der Waals surface area contributed by atoms with Crippen LogP contribution >= 0.6 is 23.4 Å². The minimum atomic E-state index is -0.182. The number of anilines is 1. The van der Waals surface area contributed by atoms with Gasteiger partial charge in [-0.1, -0.05) is 41.6 Å². The Morgan fingerprint density at radius 1 is 1.13 bits per heavy atom. The number of rotatable bonds is 7. The first kappa shape index (κ1) is 20.9. The summed E-state index contributed by atoms with van der Waals surface area (Å²) >= 11 is 7.49. The lowest BCUT2D eigenvalue weighted by Crippen LogP contribution is -2.15. The van der Waals surface area contributed by atoms with E-state index >= 15 is 0 Å². The average Bonchev–Trinajstić information content (AvgIpc) is 3.23. The van der Waals surface area contributed by atoms with Gasteiger partial charge in [0.2, 0.25) is 5.91 Å². The number of hydrogen-bond donors (Lipinski definition) is 1. The third-order valence-electron chi connectivity index (χ3n) is 4.33. The van der Waals surface area contributed by atoms with Crippen LogP contribution in [0.5, 0.6) is 5.75 Å². The molecular weight excluding hydrogens is 434 g/mol. The predicted octanol–water partition coefficient (Wildman–Crippen LogP) is 4.72. The summed E-state index contributed by atoms with van der Waals surface area (Å²) in [5.74, 6) is 1.17. The Morgan fingerprint density at radius 2 is 2.00 bits per heavy atom. The summed E-state index contributed by atoms with van der Waals surface area (Å²) < 4.78 is 7.15. The second-order valence-electron chi connectivity index (χ2n) is 6.40. The van der Waals surface area contributed by atoms with E-state index in [4.69, 9.17) is 16.3 Å². The Morgan fingerprint density at radius 3 is 2.77 bits per heavy atom. The van der Waals surface area contributed by atoms with Crippen molar-refractivity contribution >= 4 is 35.0 Å². The topological polar surface area (TPSA) is 81.9 Å². The van der Waals surface area contributed by atoms with Gasteiger partial charge in [0.1, 0.15) is 5.75 Å². The third-order valence-corrected chi connectivity index (χ3v) is 5.50. The van der Waals surface area contributed by atoms with E-state index in [-0.39, 0.29) is 11.7 Å². The Balaban J connectivity index is 1.60. The number of carbonyl (C=O) groups excluding carboxylic acids is 1. The molecule has 0 aliphatic rings. The van der Waals surface area contributed by atoms with Crippen molar-refractivity contribution in [2.45, 2.75) is 5.16 Å². The van der Waals surface area contributed by atoms with Gasteiger partial charge in [-0.25, -0.2) is 0 Å². The lowest BCUT2D eigenvalue weighted by atomic mass is 10.2. The molecule has 0 saturated heterocycles. The van der Waals surface area contributed by atoms with Crippen LogP contribution in [0.3, 0.4) is 0 Å². The van der Waals surface area contributed by atoms with Crippen LogP contribution in [0.1, 0.15) is 0 Å². The number of thioether (sulfide) groups is 1. The van der Waals surface area contributed by atoms with Gasteiger partial charge in [-0.15, -0.1) is 10.2 Å². The third kappa shape index (κ3) is 4.87. The van der Waals surface area contributed by atoms with Gasteiger partial charge < -0.3 is 10.1 Å². The molecule has 0 saturated carbocycles. The lowest BCUT2D eigenvalue weighted by molar-refractivity contribution is -0.113. The van der Waals surface area contributed by atoms with E-state index in [2.05, 4.69) is 20.5 Å². The molecule has 156 valence electrons. The first-order valence-corrected chi connectivity index (χ1v) is 10.7. The smallest absolute Gasteiger partial charge is 0.234 e. The number of ether oxygens (including phenoxy) is 1. The molecule has 0 unspecified atom stereocenters. The molecule has 2 aromatic heterocycles. The highest BCUT2D eigenvalue weighted by atomic mass is 35.5. The van der Waals surface area contributed by atoms with Crippen LogP contribution in [-0.2, 0) is 4.79 Å². The maximum absolute atomic E-state index is 12.6. The van der Waals surface area contributed by atoms with Crippen LogP contribution in [-0.4, -0.2) is 38.5 Å². The molecule has 0 atom stereocenters. The maximum Gasteiger partial charge on any atom is 0.234 e. The van der Waals surface area contributed by atoms with Crippen molar-refractivity contribution in [1.82, 2.24) is 19.7 Å². The van der Waals surface area contributed by atoms with E-state index in [0.717, 1.165) is 11.3 Å². The van der Waals surface area contributed by atoms with Crippen LogP contribution in [0.2, 0.25) is 5.02 Å². The summed E-state index contributed by atoms with van der Waals surface area (Å²) in [5.41, 5.74) is 2.22. The molecular formula is C22H18ClN5O2S. The molecule has 7 nitrogen and oxygen atoms in total. The summed E-state index contributed by atoms with van der Waals surface area (Å²) in [6.45, 7) is 0. The number of nitrogens with zero attached hydrogens (tertiary/aromatic N) is 4. The normalized spacial score (nSPS) is 10.6. The van der Waals surface area contributed by atoms with Crippen molar-refractivity contribution in [1.29, 1.82) is 0 Å². The number of methoxy groups -OCH3 is 1. The standard InChI is InChI=1S/C22H18ClN5O2S/c1-30-19-10-3-2-9-18(19)25-20(29)14-31-22-27-26-21(15-6-5-11-24-13-15)28(22)17-8-4-7-16(23)12-17/h2-13H,14H2,1H3,(H,25,29). The molecule has 4 aromatic rings. The van der Waals surface area contributed by atoms with Gasteiger partial charge in [0.05, 0.1) is 24.2 Å². The predicted molar refractivity (Wildman–Crippen MR) is 122 cm³/mol. The molecule has 0 aliphatic heterocycles. The first-order chi connectivity index (χ1) is 15.2. The molecule has 2 heterocycles. The Labute approximate surface area is 188 Å². The number of nitrogens with one attached hydrogen (secondary N) is 1. The van der Waals surface area contributed by atoms with Crippen LogP contribution in [0.4, 0.5) is 5.69 Å². The molecule has 0 radical (unpaired) electrons. The van der Waals surface area contributed by atoms with Gasteiger partial charge >= 0.3 is 0 Å². The van der Waals surface area contributed by atoms with Crippen molar-refractivity contribution < 1.29 is 9.53 Å². The largest absolute Gasteiger partial charge is 0.495 e. The van der Waals surface area contributed by atoms with Gasteiger partial charge in [-0.3, -0.25) is 14.3 Å². The summed E-state index contributed by atoms with van der Waals surface area (Å²) in [6, 6.07) is 18.4. The van der Waals surface area contributed by atoms with E-state index in [1.165, 1.54) is 11.8 Å². The minimum Gasteiger partial charge on any atom is -0.495 e. The number of aromatic nitrogens is 4. The highest BCUT2D eigenvalue weighted by Crippen LogP contribution is 2.29. The van der Waals surface area contributed by atoms with Crippen LogP contribution in [0, 0.1) is 0 Å². The fraction of sp³-hybridized carbons (Fsp3) is 0.0909. The zero-order valence-electron chi connectivity index (χ0n) is 16.5. The van der Waals surface area contributed by atoms with Crippen molar-refractivity contribution in [2.75, 3.05) is 18.2 Å². The van der Waals surface area contributed by atoms with Crippen LogP contribution in [0.15, 0.2) is 78.2 Å². The lowest BCUT2D eigenvalue weighted by Gasteiger charge is -2.11. The summed E-state index contributed by atoms with van der Waals surface area (Å²) in [6.07, 6.45) is 3.41. The average molecular weight is 452 g/mol. The molecule has 1 N–H and O–H groups in total. The molecule has 0 fully saturated rings. The molecule has 9 heteroatoms. The van der Waals surface area contributed by atoms with Crippen molar-refractivity contribution in [3.05, 3.63) is 78.1 Å². The second kappa shape index (κ2) is 9.63. The summed E-state index contributed by atoms with van der Waals surface area (Å²) in [5, 5.41) is 12.7. The number of halogens is 1. The monoisotopic (exact) mass is 451 g/mol. The van der Waals surface area contributed by atoms with Gasteiger partial charge in [0.25, 0.3) is 0 Å². The zero-order chi connectivity index (χ0) is 21.6. The van der Waals surface area contributed by atoms with Crippen molar-refractivity contribution in [2.24, 2.45) is 0 Å². The van der Waals surface area contributed by atoms with E-state index in [1.54, 1.807) is 37.7 Å². The molecule has 31 heavy (non-hydrogen) atoms. The van der Waals surface area contributed by atoms with Gasteiger partial charge in [-0.05, 0) is 42.5 Å². The fourth-order valence-electron chi connectivity index (χ4n) is 2.96. The molecule has 1 amide bonds. The first-order valence-electron chi connectivity index (χ1n) is 9.33.